The van der Waals surface area contributed by atoms with Gasteiger partial charge in [0.1, 0.15) is 18.2 Å². The summed E-state index contributed by atoms with van der Waals surface area (Å²) in [6.45, 7) is 1.74. The van der Waals surface area contributed by atoms with Gasteiger partial charge < -0.3 is 19.3 Å². The van der Waals surface area contributed by atoms with Gasteiger partial charge in [0.25, 0.3) is 5.91 Å². The average Bonchev–Trinajstić information content (AvgIpc) is 3.10. The highest BCUT2D eigenvalue weighted by molar-refractivity contribution is 6.31. The standard InChI is InChI=1S/C23H23ClF2N4O2/c1-27(2)22(31)14-30-13-18(17-5-3-15(24)11-21(17)30)23(32)29-9-7-28(8-10-29)20-6-4-16(25)12-19(20)26/h3-6,11-13H,7-10,14H2,1-2H3. The van der Waals surface area contributed by atoms with Crippen molar-refractivity contribution in [2.75, 3.05) is 45.2 Å². The zero-order chi connectivity index (χ0) is 23.0. The SMILES string of the molecule is CN(C)C(=O)Cn1cc(C(=O)N2CCN(c3ccc(F)cc3F)CC2)c2ccc(Cl)cc21. The number of nitrogens with zero attached hydrogens (tertiary/aromatic N) is 4. The Balaban J connectivity index is 1.56. The molecule has 2 amide bonds. The normalized spacial score (nSPS) is 14.2. The molecule has 0 spiro atoms. The number of carbonyl (C=O) groups is 2. The van der Waals surface area contributed by atoms with Crippen molar-refractivity contribution in [1.82, 2.24) is 14.4 Å². The Morgan fingerprint density at radius 3 is 2.41 bits per heavy atom. The van der Waals surface area contributed by atoms with Gasteiger partial charge in [-0.25, -0.2) is 8.78 Å². The summed E-state index contributed by atoms with van der Waals surface area (Å²) in [5.41, 5.74) is 1.53. The Bertz CT molecular complexity index is 1190. The quantitative estimate of drug-likeness (QED) is 0.597. The second-order valence-electron chi connectivity index (χ2n) is 8.00. The highest BCUT2D eigenvalue weighted by Crippen LogP contribution is 2.27. The molecule has 0 saturated carbocycles. The maximum Gasteiger partial charge on any atom is 0.256 e. The third kappa shape index (κ3) is 4.27. The van der Waals surface area contributed by atoms with E-state index in [9.17, 15) is 18.4 Å². The Morgan fingerprint density at radius 2 is 1.75 bits per heavy atom. The summed E-state index contributed by atoms with van der Waals surface area (Å²) in [6, 6.07) is 8.75. The van der Waals surface area contributed by atoms with Crippen LogP contribution in [-0.4, -0.2) is 66.5 Å². The molecule has 1 fully saturated rings. The minimum absolute atomic E-state index is 0.0920. The second-order valence-corrected chi connectivity index (χ2v) is 8.43. The van der Waals surface area contributed by atoms with Crippen molar-refractivity contribution >= 4 is 40.0 Å². The molecule has 4 rings (SSSR count). The van der Waals surface area contributed by atoms with Gasteiger partial charge in [-0.2, -0.15) is 0 Å². The van der Waals surface area contributed by atoms with Crippen molar-refractivity contribution in [3.05, 3.63) is 64.8 Å². The lowest BCUT2D eigenvalue weighted by atomic mass is 10.1. The summed E-state index contributed by atoms with van der Waals surface area (Å²) < 4.78 is 29.1. The molecule has 168 valence electrons. The van der Waals surface area contributed by atoms with Gasteiger partial charge in [0.05, 0.1) is 16.8 Å². The number of aromatic nitrogens is 1. The predicted octanol–water partition coefficient (Wildman–Crippen LogP) is 3.62. The predicted molar refractivity (Wildman–Crippen MR) is 120 cm³/mol. The van der Waals surface area contributed by atoms with Crippen LogP contribution in [0.2, 0.25) is 5.02 Å². The first-order chi connectivity index (χ1) is 15.2. The highest BCUT2D eigenvalue weighted by Gasteiger charge is 2.26. The minimum atomic E-state index is -0.621. The smallest absolute Gasteiger partial charge is 0.256 e. The second kappa shape index (κ2) is 8.78. The third-order valence-corrected chi connectivity index (χ3v) is 5.93. The van der Waals surface area contributed by atoms with Crippen molar-refractivity contribution in [1.29, 1.82) is 0 Å². The number of fused-ring (bicyclic) bond motifs is 1. The summed E-state index contributed by atoms with van der Waals surface area (Å²) in [7, 11) is 3.35. The Hall–Kier alpha value is -3.13. The van der Waals surface area contributed by atoms with Gasteiger partial charge in [0, 0.05) is 62.9 Å². The molecule has 0 unspecified atom stereocenters. The van der Waals surface area contributed by atoms with Gasteiger partial charge in [0.2, 0.25) is 5.91 Å². The molecular formula is C23H23ClF2N4O2. The molecule has 2 aromatic carbocycles. The van der Waals surface area contributed by atoms with E-state index in [2.05, 4.69) is 0 Å². The van der Waals surface area contributed by atoms with Crippen LogP contribution in [0.15, 0.2) is 42.6 Å². The zero-order valence-electron chi connectivity index (χ0n) is 17.8. The molecule has 0 atom stereocenters. The Kier molecular flexibility index (Phi) is 6.06. The maximum atomic E-state index is 14.1. The molecule has 0 aliphatic carbocycles. The Morgan fingerprint density at radius 1 is 1.03 bits per heavy atom. The van der Waals surface area contributed by atoms with E-state index in [1.807, 2.05) is 0 Å². The van der Waals surface area contributed by atoms with Gasteiger partial charge in [0.15, 0.2) is 0 Å². The molecule has 1 aliphatic rings. The molecule has 32 heavy (non-hydrogen) atoms. The molecule has 9 heteroatoms. The van der Waals surface area contributed by atoms with Crippen LogP contribution in [0.25, 0.3) is 10.9 Å². The zero-order valence-corrected chi connectivity index (χ0v) is 18.6. The summed E-state index contributed by atoms with van der Waals surface area (Å²) >= 11 is 6.16. The monoisotopic (exact) mass is 460 g/mol. The van der Waals surface area contributed by atoms with E-state index in [-0.39, 0.29) is 18.4 Å². The van der Waals surface area contributed by atoms with Gasteiger partial charge in [-0.15, -0.1) is 0 Å². The van der Waals surface area contributed by atoms with Crippen LogP contribution in [0, 0.1) is 11.6 Å². The largest absolute Gasteiger partial charge is 0.366 e. The first kappa shape index (κ1) is 22.1. The van der Waals surface area contributed by atoms with Crippen molar-refractivity contribution in [3.63, 3.8) is 0 Å². The number of carbonyl (C=O) groups excluding carboxylic acids is 2. The molecule has 0 bridgehead atoms. The topological polar surface area (TPSA) is 48.8 Å². The first-order valence-corrected chi connectivity index (χ1v) is 10.6. The van der Waals surface area contributed by atoms with Crippen molar-refractivity contribution in [3.8, 4) is 0 Å². The molecule has 1 aliphatic heterocycles. The van der Waals surface area contributed by atoms with E-state index in [4.69, 9.17) is 11.6 Å². The molecule has 0 radical (unpaired) electrons. The van der Waals surface area contributed by atoms with Crippen LogP contribution < -0.4 is 4.90 Å². The molecule has 1 saturated heterocycles. The molecule has 6 nitrogen and oxygen atoms in total. The van der Waals surface area contributed by atoms with Crippen LogP contribution in [0.4, 0.5) is 14.5 Å². The van der Waals surface area contributed by atoms with Gasteiger partial charge in [-0.3, -0.25) is 9.59 Å². The van der Waals surface area contributed by atoms with Crippen molar-refractivity contribution < 1.29 is 18.4 Å². The first-order valence-electron chi connectivity index (χ1n) is 10.2. The van der Waals surface area contributed by atoms with Crippen molar-refractivity contribution in [2.45, 2.75) is 6.54 Å². The molecular weight excluding hydrogens is 438 g/mol. The summed E-state index contributed by atoms with van der Waals surface area (Å²) in [6.07, 6.45) is 1.69. The third-order valence-electron chi connectivity index (χ3n) is 5.70. The summed E-state index contributed by atoms with van der Waals surface area (Å²) in [4.78, 5) is 30.6. The number of likely N-dealkylation sites (N-methyl/N-ethyl adjacent to an activating group) is 1. The van der Waals surface area contributed by atoms with E-state index in [1.54, 1.807) is 52.9 Å². The number of amides is 2. The van der Waals surface area contributed by atoms with E-state index in [0.717, 1.165) is 11.5 Å². The van der Waals surface area contributed by atoms with Crippen LogP contribution >= 0.6 is 11.6 Å². The fraction of sp³-hybridized carbons (Fsp3) is 0.304. The highest BCUT2D eigenvalue weighted by atomic mass is 35.5. The Labute approximate surface area is 189 Å². The lowest BCUT2D eigenvalue weighted by Gasteiger charge is -2.36. The lowest BCUT2D eigenvalue weighted by molar-refractivity contribution is -0.129. The van der Waals surface area contributed by atoms with Crippen molar-refractivity contribution in [2.24, 2.45) is 0 Å². The number of anilines is 1. The lowest BCUT2D eigenvalue weighted by Crippen LogP contribution is -2.49. The van der Waals surface area contributed by atoms with Crippen LogP contribution in [-0.2, 0) is 11.3 Å². The van der Waals surface area contributed by atoms with Gasteiger partial charge in [-0.1, -0.05) is 17.7 Å². The summed E-state index contributed by atoms with van der Waals surface area (Å²) in [5.74, 6) is -1.50. The molecule has 1 aromatic heterocycles. The average molecular weight is 461 g/mol. The number of halogens is 3. The van der Waals surface area contributed by atoms with E-state index >= 15 is 0 Å². The molecule has 0 N–H and O–H groups in total. The number of benzene rings is 2. The molecule has 2 heterocycles. The summed E-state index contributed by atoms with van der Waals surface area (Å²) in [5, 5.41) is 1.24. The fourth-order valence-corrected chi connectivity index (χ4v) is 4.08. The van der Waals surface area contributed by atoms with Crippen LogP contribution in [0.1, 0.15) is 10.4 Å². The number of hydrogen-bond acceptors (Lipinski definition) is 3. The van der Waals surface area contributed by atoms with E-state index < -0.39 is 11.6 Å². The van der Waals surface area contributed by atoms with Gasteiger partial charge in [-0.05, 0) is 24.3 Å². The molecule has 3 aromatic rings. The van der Waals surface area contributed by atoms with E-state index in [0.29, 0.717) is 48.0 Å². The van der Waals surface area contributed by atoms with E-state index in [1.165, 1.54) is 17.0 Å². The fourth-order valence-electron chi connectivity index (χ4n) is 3.91. The van der Waals surface area contributed by atoms with Crippen LogP contribution in [0.5, 0.6) is 0 Å². The maximum absolute atomic E-state index is 14.1. The van der Waals surface area contributed by atoms with Crippen LogP contribution in [0.3, 0.4) is 0 Å². The van der Waals surface area contributed by atoms with Gasteiger partial charge >= 0.3 is 0 Å². The number of piperazine rings is 1. The number of hydrogen-bond donors (Lipinski definition) is 0. The minimum Gasteiger partial charge on any atom is -0.366 e. The number of rotatable bonds is 4.